The van der Waals surface area contributed by atoms with Crippen LogP contribution in [-0.2, 0) is 24.0 Å². The highest BCUT2D eigenvalue weighted by molar-refractivity contribution is 7.98. The Labute approximate surface area is 256 Å². The molecule has 1 fully saturated rings. The molecule has 0 bridgehead atoms. The molecule has 0 saturated carbocycles. The number of hydrogen-bond acceptors (Lipinski definition) is 13. The molecule has 0 aromatic heterocycles. The number of nitrogens with two attached hydrogens (primary N) is 5. The third kappa shape index (κ3) is 35.5. The molecule has 1 aliphatic heterocycles. The molecule has 256 valence electrons. The molecule has 5 atom stereocenters. The van der Waals surface area contributed by atoms with E-state index in [0.717, 1.165) is 38.0 Å². The fraction of sp³-hybridized carbons (Fsp3) is 0.800. The van der Waals surface area contributed by atoms with Gasteiger partial charge in [-0.1, -0.05) is 20.3 Å². The average Bonchev–Trinajstić information content (AvgIpc) is 3.48. The summed E-state index contributed by atoms with van der Waals surface area (Å²) >= 11 is 1.60. The van der Waals surface area contributed by atoms with Gasteiger partial charge in [0, 0.05) is 0 Å². The van der Waals surface area contributed by atoms with Crippen molar-refractivity contribution >= 4 is 41.6 Å². The summed E-state index contributed by atoms with van der Waals surface area (Å²) in [5, 5.41) is 52.0. The van der Waals surface area contributed by atoms with Gasteiger partial charge in [-0.3, -0.25) is 24.0 Å². The fourth-order valence-electron chi connectivity index (χ4n) is 2.58. The summed E-state index contributed by atoms with van der Waals surface area (Å²) in [5.74, 6) is -3.49. The number of rotatable bonds is 15. The maximum atomic E-state index is 10.1. The van der Waals surface area contributed by atoms with E-state index >= 15 is 0 Å². The Kier molecular flexibility index (Phi) is 34.0. The van der Waals surface area contributed by atoms with E-state index in [-0.39, 0.29) is 6.04 Å². The lowest BCUT2D eigenvalue weighted by Gasteiger charge is -2.07. The van der Waals surface area contributed by atoms with Crippen molar-refractivity contribution in [2.45, 2.75) is 89.0 Å². The summed E-state index contributed by atoms with van der Waals surface area (Å²) in [5.41, 5.74) is 25.6. The lowest BCUT2D eigenvalue weighted by molar-refractivity contribution is -0.140. The van der Waals surface area contributed by atoms with Crippen molar-refractivity contribution < 1.29 is 54.6 Å². The van der Waals surface area contributed by atoms with Crippen molar-refractivity contribution in [3.8, 4) is 0 Å². The second-order valence-corrected chi connectivity index (χ2v) is 10.6. The van der Waals surface area contributed by atoms with Crippen molar-refractivity contribution in [2.75, 3.05) is 31.7 Å². The van der Waals surface area contributed by atoms with Gasteiger partial charge in [-0.25, -0.2) is 0 Å². The van der Waals surface area contributed by atoms with Crippen LogP contribution < -0.4 is 34.0 Å². The van der Waals surface area contributed by atoms with Gasteiger partial charge in [-0.05, 0) is 69.5 Å². The highest BCUT2D eigenvalue weighted by atomic mass is 32.2. The number of carboxylic acid groups (broad SMARTS) is 5. The van der Waals surface area contributed by atoms with E-state index in [1.54, 1.807) is 11.8 Å². The summed E-state index contributed by atoms with van der Waals surface area (Å²) in [6.45, 7) is 4.85. The number of aliphatic carboxylic acids is 5. The lowest BCUT2D eigenvalue weighted by atomic mass is 10.1. The smallest absolute Gasteiger partial charge is 0.322 e. The number of carbonyl (C=O) groups is 5. The summed E-state index contributed by atoms with van der Waals surface area (Å²) < 4.78 is 0. The minimum absolute atomic E-state index is 0.269. The molecule has 1 aliphatic rings. The first-order valence-corrected chi connectivity index (χ1v) is 15.0. The molecule has 18 heteroatoms. The van der Waals surface area contributed by atoms with Crippen LogP contribution in [0.2, 0.25) is 0 Å². The molecule has 17 N–H and O–H groups in total. The van der Waals surface area contributed by atoms with E-state index in [4.69, 9.17) is 59.3 Å². The third-order valence-electron chi connectivity index (χ3n) is 5.15. The highest BCUT2D eigenvalue weighted by Crippen LogP contribution is 2.03. The summed E-state index contributed by atoms with van der Waals surface area (Å²) in [6, 6.07) is -3.48. The molecule has 0 spiro atoms. The maximum Gasteiger partial charge on any atom is 0.322 e. The average molecular weight is 647 g/mol. The fourth-order valence-corrected chi connectivity index (χ4v) is 3.07. The highest BCUT2D eigenvalue weighted by Gasteiger charge is 2.20. The maximum absolute atomic E-state index is 10.1. The quantitative estimate of drug-likeness (QED) is 0.0885. The van der Waals surface area contributed by atoms with E-state index in [9.17, 15) is 24.0 Å². The Bertz CT molecular complexity index is 759. The van der Waals surface area contributed by atoms with Crippen LogP contribution in [0.4, 0.5) is 0 Å². The predicted octanol–water partition coefficient (Wildman–Crippen LogP) is -1.66. The van der Waals surface area contributed by atoms with Crippen LogP contribution >= 0.6 is 11.8 Å². The van der Waals surface area contributed by atoms with Crippen molar-refractivity contribution in [3.05, 3.63) is 0 Å². The van der Waals surface area contributed by atoms with E-state index in [1.165, 1.54) is 0 Å². The first-order chi connectivity index (χ1) is 19.9. The molecule has 0 unspecified atom stereocenters. The van der Waals surface area contributed by atoms with Crippen LogP contribution in [0, 0.1) is 5.92 Å². The van der Waals surface area contributed by atoms with Crippen LogP contribution in [0.3, 0.4) is 0 Å². The van der Waals surface area contributed by atoms with Gasteiger partial charge in [0.05, 0.1) is 6.61 Å². The molecule has 0 aromatic carbocycles. The largest absolute Gasteiger partial charge is 0.480 e. The SMILES string of the molecule is CC(C)C[C@H](N)C(=O)O.CSCC[C@H](N)C(=O)O.NCCCC[C@H](N)C(=O)O.N[C@@H](CO)C(=O)O.O=C(O)[C@@H]1CCCN1. The first-order valence-electron chi connectivity index (χ1n) is 13.6. The Morgan fingerprint density at radius 3 is 1.49 bits per heavy atom. The summed E-state index contributed by atoms with van der Waals surface area (Å²) in [7, 11) is 0. The van der Waals surface area contributed by atoms with Gasteiger partial charge in [-0.15, -0.1) is 0 Å². The summed E-state index contributed by atoms with van der Waals surface area (Å²) in [6.07, 6.45) is 6.98. The van der Waals surface area contributed by atoms with Gasteiger partial charge in [-0.2, -0.15) is 11.8 Å². The van der Waals surface area contributed by atoms with Crippen LogP contribution in [0.25, 0.3) is 0 Å². The molecular weight excluding hydrogens is 592 g/mol. The molecule has 0 amide bonds. The van der Waals surface area contributed by atoms with Crippen molar-refractivity contribution in [1.82, 2.24) is 5.32 Å². The number of carboxylic acids is 5. The second-order valence-electron chi connectivity index (χ2n) is 9.64. The first kappa shape index (κ1) is 47.4. The van der Waals surface area contributed by atoms with Crippen molar-refractivity contribution in [2.24, 2.45) is 34.6 Å². The van der Waals surface area contributed by atoms with Crippen LogP contribution in [0.1, 0.15) is 58.8 Å². The molecule has 1 heterocycles. The Morgan fingerprint density at radius 1 is 0.791 bits per heavy atom. The van der Waals surface area contributed by atoms with Gasteiger partial charge >= 0.3 is 29.8 Å². The molecular formula is C25H54N6O11S. The topological polar surface area (TPSA) is 349 Å². The van der Waals surface area contributed by atoms with Gasteiger partial charge in [0.15, 0.2) is 0 Å². The normalized spacial score (nSPS) is 16.1. The minimum Gasteiger partial charge on any atom is -0.480 e. The molecule has 0 radical (unpaired) electrons. The molecule has 0 aromatic rings. The standard InChI is InChI=1S/C6H14N2O2.C6H13NO2.C5H11NO2S.C5H9NO2.C3H7NO3/c7-4-2-1-3-5(8)6(9)10;1-4(2)3-5(7)6(8)9;1-9-3-2-4(6)5(7)8;7-5(8)4-2-1-3-6-4;4-2(1-5)3(6)7/h5H,1-4,7-8H2,(H,9,10);4-5H,3,7H2,1-2H3,(H,8,9);4H,2-3,6H2,1H3,(H,7,8);4,6H,1-3H2,(H,7,8);2,5H,1,4H2,(H,6,7)/t2*5-;2*4-;2-/m00000/s1. The van der Waals surface area contributed by atoms with Crippen LogP contribution in [0.15, 0.2) is 0 Å². The Morgan fingerprint density at radius 2 is 1.26 bits per heavy atom. The summed E-state index contributed by atoms with van der Waals surface area (Å²) in [4.78, 5) is 50.1. The lowest BCUT2D eigenvalue weighted by Crippen LogP contribution is -2.33. The van der Waals surface area contributed by atoms with Gasteiger partial charge in [0.1, 0.15) is 30.2 Å². The molecule has 1 saturated heterocycles. The van der Waals surface area contributed by atoms with E-state index < -0.39 is 60.6 Å². The zero-order chi connectivity index (χ0) is 34.5. The van der Waals surface area contributed by atoms with Gasteiger partial charge in [0.2, 0.25) is 0 Å². The van der Waals surface area contributed by atoms with E-state index in [0.29, 0.717) is 31.7 Å². The van der Waals surface area contributed by atoms with E-state index in [1.807, 2.05) is 20.1 Å². The molecule has 43 heavy (non-hydrogen) atoms. The Hall–Kier alpha value is -2.58. The van der Waals surface area contributed by atoms with Gasteiger partial charge < -0.3 is 64.6 Å². The number of aliphatic hydroxyl groups excluding tert-OH is 1. The number of nitrogens with one attached hydrogen (secondary N) is 1. The second kappa shape index (κ2) is 30.9. The van der Waals surface area contributed by atoms with E-state index in [2.05, 4.69) is 5.32 Å². The Balaban J connectivity index is -0.000000222. The minimum atomic E-state index is -1.18. The molecule has 1 rings (SSSR count). The van der Waals surface area contributed by atoms with Crippen molar-refractivity contribution in [3.63, 3.8) is 0 Å². The zero-order valence-electron chi connectivity index (χ0n) is 25.3. The van der Waals surface area contributed by atoms with Gasteiger partial charge in [0.25, 0.3) is 0 Å². The monoisotopic (exact) mass is 646 g/mol. The number of thioether (sulfide) groups is 1. The third-order valence-corrected chi connectivity index (χ3v) is 5.80. The number of aliphatic hydroxyl groups is 1. The molecule has 17 nitrogen and oxygen atoms in total. The molecule has 0 aliphatic carbocycles. The number of unbranched alkanes of at least 4 members (excludes halogenated alkanes) is 1. The van der Waals surface area contributed by atoms with Crippen LogP contribution in [-0.4, -0.2) is 122 Å². The number of hydrogen-bond donors (Lipinski definition) is 12. The van der Waals surface area contributed by atoms with Crippen molar-refractivity contribution in [1.29, 1.82) is 0 Å². The zero-order valence-corrected chi connectivity index (χ0v) is 26.1. The predicted molar refractivity (Wildman–Crippen MR) is 164 cm³/mol. The van der Waals surface area contributed by atoms with Crippen LogP contribution in [0.5, 0.6) is 0 Å².